The molecule has 0 bridgehead atoms. The lowest BCUT2D eigenvalue weighted by Crippen LogP contribution is -2.58. The summed E-state index contributed by atoms with van der Waals surface area (Å²) in [6, 6.07) is 21.2. The van der Waals surface area contributed by atoms with Crippen molar-refractivity contribution in [3.63, 3.8) is 0 Å². The third-order valence-corrected chi connectivity index (χ3v) is 10.9. The van der Waals surface area contributed by atoms with Crippen molar-refractivity contribution in [2.75, 3.05) is 20.2 Å². The number of carbonyl (C=O) groups excluding carboxylic acids is 2. The van der Waals surface area contributed by atoms with Gasteiger partial charge in [0.2, 0.25) is 10.0 Å². The van der Waals surface area contributed by atoms with Gasteiger partial charge < -0.3 is 15.4 Å². The first kappa shape index (κ1) is 35.8. The molecule has 0 radical (unpaired) electrons. The zero-order valence-electron chi connectivity index (χ0n) is 27.1. The molecule has 1 aliphatic rings. The van der Waals surface area contributed by atoms with Crippen molar-refractivity contribution in [3.05, 3.63) is 137 Å². The average Bonchev–Trinajstić information content (AvgIpc) is 3.08. The van der Waals surface area contributed by atoms with Gasteiger partial charge in [-0.3, -0.25) is 4.79 Å². The van der Waals surface area contributed by atoms with Gasteiger partial charge in [0.25, 0.3) is 0 Å². The highest BCUT2D eigenvalue weighted by atomic mass is 32.2. The lowest BCUT2D eigenvalue weighted by Gasteiger charge is -2.40. The number of amides is 1. The van der Waals surface area contributed by atoms with E-state index < -0.39 is 57.4 Å². The number of methoxy groups -OCH3 is 1. The largest absolute Gasteiger partial charge is 0.453 e. The molecule has 0 aromatic heterocycles. The van der Waals surface area contributed by atoms with Gasteiger partial charge >= 0.3 is 6.09 Å². The lowest BCUT2D eigenvalue weighted by molar-refractivity contribution is -0.120. The summed E-state index contributed by atoms with van der Waals surface area (Å²) in [5.74, 6) is -3.33. The molecule has 8 nitrogen and oxygen atoms in total. The quantitative estimate of drug-likeness (QED) is 0.196. The number of hydrogen-bond acceptors (Lipinski definition) is 6. The van der Waals surface area contributed by atoms with Crippen LogP contribution in [0.15, 0.2) is 102 Å². The first-order valence-electron chi connectivity index (χ1n) is 15.9. The van der Waals surface area contributed by atoms with Crippen LogP contribution in [0, 0.1) is 17.5 Å². The minimum absolute atomic E-state index is 0.113. The molecule has 49 heavy (non-hydrogen) atoms. The van der Waals surface area contributed by atoms with Crippen LogP contribution in [0.2, 0.25) is 0 Å². The molecule has 1 heterocycles. The molecule has 12 heteroatoms. The van der Waals surface area contributed by atoms with Crippen LogP contribution in [0.5, 0.6) is 0 Å². The monoisotopic (exact) mass is 693 g/mol. The highest BCUT2D eigenvalue weighted by Gasteiger charge is 2.38. The van der Waals surface area contributed by atoms with Gasteiger partial charge in [0, 0.05) is 37.5 Å². The van der Waals surface area contributed by atoms with Gasteiger partial charge in [0.15, 0.2) is 5.78 Å². The summed E-state index contributed by atoms with van der Waals surface area (Å²) in [6.07, 6.45) is -0.908. The molecule has 1 saturated heterocycles. The summed E-state index contributed by atoms with van der Waals surface area (Å²) in [4.78, 5) is 26.9. The Morgan fingerprint density at radius 1 is 0.898 bits per heavy atom. The van der Waals surface area contributed by atoms with Gasteiger partial charge in [-0.15, -0.1) is 0 Å². The highest BCUT2D eigenvalue weighted by molar-refractivity contribution is 7.89. The van der Waals surface area contributed by atoms with Gasteiger partial charge in [-0.05, 0) is 84.5 Å². The maximum atomic E-state index is 15.5. The fourth-order valence-corrected chi connectivity index (χ4v) is 8.41. The number of halogens is 3. The summed E-state index contributed by atoms with van der Waals surface area (Å²) in [6.45, 7) is 2.62. The van der Waals surface area contributed by atoms with Gasteiger partial charge in [0.1, 0.15) is 23.5 Å². The molecule has 1 amide bonds. The minimum atomic E-state index is -3.86. The second-order valence-electron chi connectivity index (χ2n) is 12.1. The summed E-state index contributed by atoms with van der Waals surface area (Å²) in [7, 11) is -2.73. The Kier molecular flexibility index (Phi) is 11.5. The van der Waals surface area contributed by atoms with Crippen LogP contribution in [0.3, 0.4) is 0 Å². The second kappa shape index (κ2) is 15.8. The number of ketones is 1. The van der Waals surface area contributed by atoms with Crippen molar-refractivity contribution in [3.8, 4) is 0 Å². The Morgan fingerprint density at radius 2 is 1.53 bits per heavy atom. The Morgan fingerprint density at radius 3 is 2.14 bits per heavy atom. The fraction of sp³-hybridized carbons (Fsp3) is 0.297. The summed E-state index contributed by atoms with van der Waals surface area (Å²) < 4.78 is 78.2. The van der Waals surface area contributed by atoms with Gasteiger partial charge in [-0.25, -0.2) is 26.4 Å². The van der Waals surface area contributed by atoms with Gasteiger partial charge in [-0.1, -0.05) is 54.6 Å². The second-order valence-corrected chi connectivity index (χ2v) is 13.9. The molecule has 4 aromatic rings. The first-order chi connectivity index (χ1) is 23.5. The van der Waals surface area contributed by atoms with Crippen molar-refractivity contribution >= 4 is 21.9 Å². The van der Waals surface area contributed by atoms with Crippen molar-refractivity contribution in [1.82, 2.24) is 14.9 Å². The number of nitrogens with zero attached hydrogens (tertiary/aromatic N) is 1. The first-order valence-corrected chi connectivity index (χ1v) is 17.4. The maximum Gasteiger partial charge on any atom is 0.407 e. The van der Waals surface area contributed by atoms with E-state index in [0.717, 1.165) is 7.11 Å². The molecular formula is C37H38F3N3O5S. The Bertz CT molecular complexity index is 1850. The molecule has 2 N–H and O–H groups in total. The maximum absolute atomic E-state index is 15.5. The standard InChI is InChI=1S/C37H38F3N3O5S/c1-24-22-41-23-30(43(24)49(46,47)31-14-4-3-5-15-31)17-18-32-25(9-8-16-33(32)40)21-34(44)36(42-37(45)48-2)35(26-10-6-12-28(38)19-26)27-11-7-13-29(39)20-27/h3-16,19-20,24,30,35-36,41H,17-18,21-23H2,1-2H3,(H,42,45)/t24-,30-,36+/m0/s1. The molecule has 5 rings (SSSR count). The fourth-order valence-electron chi connectivity index (χ4n) is 6.55. The predicted molar refractivity (Wildman–Crippen MR) is 179 cm³/mol. The lowest BCUT2D eigenvalue weighted by atomic mass is 9.81. The molecule has 258 valence electrons. The Hall–Kier alpha value is -4.52. The van der Waals surface area contributed by atoms with Crippen LogP contribution in [0.1, 0.15) is 41.5 Å². The summed E-state index contributed by atoms with van der Waals surface area (Å²) in [5, 5.41) is 5.82. The van der Waals surface area contributed by atoms with E-state index in [2.05, 4.69) is 10.6 Å². The molecule has 3 atom stereocenters. The molecule has 0 unspecified atom stereocenters. The van der Waals surface area contributed by atoms with Crippen LogP contribution < -0.4 is 10.6 Å². The average molecular weight is 694 g/mol. The molecule has 4 aromatic carbocycles. The zero-order chi connectivity index (χ0) is 35.1. The molecule has 0 aliphatic carbocycles. The van der Waals surface area contributed by atoms with E-state index in [4.69, 9.17) is 4.74 Å². The molecular weight excluding hydrogens is 655 g/mol. The van der Waals surface area contributed by atoms with Crippen LogP contribution in [0.25, 0.3) is 0 Å². The number of alkyl carbamates (subject to hydrolysis) is 1. The van der Waals surface area contributed by atoms with Crippen molar-refractivity contribution in [1.29, 1.82) is 0 Å². The van der Waals surface area contributed by atoms with Crippen LogP contribution >= 0.6 is 0 Å². The number of rotatable bonds is 12. The number of benzene rings is 4. The number of Topliss-reactive ketones (excluding diaryl/α,β-unsaturated/α-hetero) is 1. The predicted octanol–water partition coefficient (Wildman–Crippen LogP) is 5.76. The van der Waals surface area contributed by atoms with Crippen LogP contribution in [-0.2, 0) is 32.4 Å². The molecule has 1 aliphatic heterocycles. The van der Waals surface area contributed by atoms with E-state index >= 15 is 4.39 Å². The topological polar surface area (TPSA) is 105 Å². The van der Waals surface area contributed by atoms with Crippen molar-refractivity contribution in [2.24, 2.45) is 0 Å². The third kappa shape index (κ3) is 8.38. The van der Waals surface area contributed by atoms with E-state index in [1.165, 1.54) is 52.8 Å². The van der Waals surface area contributed by atoms with E-state index in [-0.39, 0.29) is 35.8 Å². The Labute approximate surface area is 284 Å². The van der Waals surface area contributed by atoms with E-state index in [0.29, 0.717) is 29.8 Å². The number of ether oxygens (including phenoxy) is 1. The number of sulfonamides is 1. The normalized spacial score (nSPS) is 17.4. The van der Waals surface area contributed by atoms with Crippen LogP contribution in [0.4, 0.5) is 18.0 Å². The third-order valence-electron chi connectivity index (χ3n) is 8.80. The molecule has 0 saturated carbocycles. The zero-order valence-corrected chi connectivity index (χ0v) is 27.9. The summed E-state index contributed by atoms with van der Waals surface area (Å²) in [5.41, 5.74) is 1.18. The van der Waals surface area contributed by atoms with Crippen LogP contribution in [-0.4, -0.2) is 62.9 Å². The Balaban J connectivity index is 1.46. The van der Waals surface area contributed by atoms with E-state index in [1.807, 2.05) is 6.92 Å². The summed E-state index contributed by atoms with van der Waals surface area (Å²) >= 11 is 0. The number of nitrogens with one attached hydrogen (secondary N) is 2. The minimum Gasteiger partial charge on any atom is -0.453 e. The van der Waals surface area contributed by atoms with Crippen molar-refractivity contribution < 1.29 is 35.9 Å². The molecule has 0 spiro atoms. The SMILES string of the molecule is COC(=O)N[C@H](C(=O)Cc1cccc(F)c1CC[C@H]1CNC[C@H](C)N1S(=O)(=O)c1ccccc1)C(c1cccc(F)c1)c1cccc(F)c1. The number of hydrogen-bond donors (Lipinski definition) is 2. The van der Waals surface area contributed by atoms with Gasteiger partial charge in [-0.2, -0.15) is 4.31 Å². The van der Waals surface area contributed by atoms with Crippen molar-refractivity contribution in [2.45, 2.75) is 55.1 Å². The van der Waals surface area contributed by atoms with E-state index in [1.54, 1.807) is 48.5 Å². The van der Waals surface area contributed by atoms with Gasteiger partial charge in [0.05, 0.1) is 12.0 Å². The molecule has 1 fully saturated rings. The van der Waals surface area contributed by atoms with E-state index in [9.17, 15) is 26.8 Å². The highest BCUT2D eigenvalue weighted by Crippen LogP contribution is 2.32. The number of carbonyl (C=O) groups is 2. The smallest absolute Gasteiger partial charge is 0.407 e. The number of piperazine rings is 1.